The van der Waals surface area contributed by atoms with Crippen LogP contribution in [0.25, 0.3) is 0 Å². The number of guanidine groups is 1. The number of rotatable bonds is 7. The van der Waals surface area contributed by atoms with Gasteiger partial charge < -0.3 is 20.2 Å². The maximum absolute atomic E-state index is 6.06. The van der Waals surface area contributed by atoms with Gasteiger partial charge in [0.05, 0.1) is 25.8 Å². The van der Waals surface area contributed by atoms with E-state index in [2.05, 4.69) is 27.3 Å². The second kappa shape index (κ2) is 9.40. The average molecular weight is 356 g/mol. The molecule has 3 N–H and O–H groups in total. The summed E-state index contributed by atoms with van der Waals surface area (Å²) in [5.74, 6) is 2.32. The molecular weight excluding hydrogens is 328 g/mol. The Morgan fingerprint density at radius 3 is 2.65 bits per heavy atom. The lowest BCUT2D eigenvalue weighted by Crippen LogP contribution is -2.41. The Kier molecular flexibility index (Phi) is 6.68. The molecule has 6 heteroatoms. The van der Waals surface area contributed by atoms with Gasteiger partial charge in [-0.1, -0.05) is 30.3 Å². The number of nitrogens with zero attached hydrogens (tertiary/aromatic N) is 2. The van der Waals surface area contributed by atoms with Crippen molar-refractivity contribution in [3.05, 3.63) is 59.5 Å². The monoisotopic (exact) mass is 356 g/mol. The number of ether oxygens (including phenoxy) is 1. The molecule has 1 aliphatic rings. The van der Waals surface area contributed by atoms with Gasteiger partial charge in [-0.25, -0.2) is 0 Å². The molecule has 0 amide bonds. The first-order chi connectivity index (χ1) is 12.7. The fourth-order valence-corrected chi connectivity index (χ4v) is 3.13. The van der Waals surface area contributed by atoms with Crippen molar-refractivity contribution >= 4 is 5.96 Å². The van der Waals surface area contributed by atoms with Crippen LogP contribution in [0.4, 0.5) is 0 Å². The lowest BCUT2D eigenvalue weighted by atomic mass is 10.1. The molecule has 0 radical (unpaired) electrons. The molecular formula is C20H28N4O2. The number of hydrogen-bond donors (Lipinski definition) is 2. The van der Waals surface area contributed by atoms with E-state index in [1.807, 2.05) is 37.3 Å². The van der Waals surface area contributed by atoms with Gasteiger partial charge in [-0.2, -0.15) is 0 Å². The van der Waals surface area contributed by atoms with Crippen LogP contribution < -0.4 is 11.1 Å². The molecule has 26 heavy (non-hydrogen) atoms. The minimum atomic E-state index is 0.0853. The van der Waals surface area contributed by atoms with Crippen LogP contribution in [0.1, 0.15) is 23.1 Å². The predicted octanol–water partition coefficient (Wildman–Crippen LogP) is 2.11. The molecule has 1 aliphatic heterocycles. The zero-order valence-corrected chi connectivity index (χ0v) is 15.4. The molecule has 1 saturated heterocycles. The van der Waals surface area contributed by atoms with E-state index in [9.17, 15) is 0 Å². The Balaban J connectivity index is 1.56. The predicted molar refractivity (Wildman–Crippen MR) is 103 cm³/mol. The first-order valence-electron chi connectivity index (χ1n) is 9.18. The minimum Gasteiger partial charge on any atom is -0.465 e. The van der Waals surface area contributed by atoms with Crippen LogP contribution in [-0.4, -0.2) is 50.3 Å². The molecule has 6 nitrogen and oxygen atoms in total. The maximum Gasteiger partial charge on any atom is 0.188 e. The van der Waals surface area contributed by atoms with E-state index in [1.165, 1.54) is 5.56 Å². The summed E-state index contributed by atoms with van der Waals surface area (Å²) >= 11 is 0. The molecule has 140 valence electrons. The SMILES string of the molecule is Cc1ccc(C(CN=C(N)NCCc2ccccc2)N2CCOCC2)o1. The number of aliphatic imine (C=N–C) groups is 1. The van der Waals surface area contributed by atoms with Gasteiger partial charge in [0.1, 0.15) is 11.5 Å². The third-order valence-corrected chi connectivity index (χ3v) is 4.57. The van der Waals surface area contributed by atoms with Crippen molar-refractivity contribution in [2.75, 3.05) is 39.4 Å². The van der Waals surface area contributed by atoms with Crippen LogP contribution in [0, 0.1) is 6.92 Å². The first kappa shape index (κ1) is 18.5. The van der Waals surface area contributed by atoms with E-state index in [4.69, 9.17) is 14.9 Å². The van der Waals surface area contributed by atoms with Gasteiger partial charge in [-0.05, 0) is 31.0 Å². The molecule has 2 heterocycles. The van der Waals surface area contributed by atoms with Crippen molar-refractivity contribution in [3.8, 4) is 0 Å². The van der Waals surface area contributed by atoms with Crippen molar-refractivity contribution in [3.63, 3.8) is 0 Å². The van der Waals surface area contributed by atoms with Crippen LogP contribution in [0.5, 0.6) is 0 Å². The van der Waals surface area contributed by atoms with Crippen LogP contribution >= 0.6 is 0 Å². The molecule has 1 unspecified atom stereocenters. The summed E-state index contributed by atoms with van der Waals surface area (Å²) in [5.41, 5.74) is 7.35. The number of nitrogens with one attached hydrogen (secondary N) is 1. The molecule has 0 saturated carbocycles. The molecule has 0 spiro atoms. The van der Waals surface area contributed by atoms with Gasteiger partial charge in [0, 0.05) is 19.6 Å². The van der Waals surface area contributed by atoms with Crippen molar-refractivity contribution < 1.29 is 9.15 Å². The highest BCUT2D eigenvalue weighted by Gasteiger charge is 2.25. The fourth-order valence-electron chi connectivity index (χ4n) is 3.13. The van der Waals surface area contributed by atoms with Gasteiger partial charge in [0.2, 0.25) is 0 Å². The highest BCUT2D eigenvalue weighted by molar-refractivity contribution is 5.77. The van der Waals surface area contributed by atoms with Crippen molar-refractivity contribution in [2.45, 2.75) is 19.4 Å². The number of nitrogens with two attached hydrogens (primary N) is 1. The molecule has 2 aromatic rings. The van der Waals surface area contributed by atoms with Gasteiger partial charge in [-0.15, -0.1) is 0 Å². The van der Waals surface area contributed by atoms with Crippen molar-refractivity contribution in [2.24, 2.45) is 10.7 Å². The van der Waals surface area contributed by atoms with E-state index in [1.54, 1.807) is 0 Å². The molecule has 1 aromatic heterocycles. The number of furan rings is 1. The molecule has 1 aromatic carbocycles. The Morgan fingerprint density at radius 1 is 1.19 bits per heavy atom. The Hall–Kier alpha value is -2.31. The Morgan fingerprint density at radius 2 is 1.96 bits per heavy atom. The molecule has 0 bridgehead atoms. The van der Waals surface area contributed by atoms with Gasteiger partial charge in [0.25, 0.3) is 0 Å². The number of aryl methyl sites for hydroxylation is 1. The van der Waals surface area contributed by atoms with Crippen LogP contribution in [0.2, 0.25) is 0 Å². The van der Waals surface area contributed by atoms with Crippen LogP contribution in [-0.2, 0) is 11.2 Å². The summed E-state index contributed by atoms with van der Waals surface area (Å²) in [6.45, 7) is 6.53. The zero-order valence-electron chi connectivity index (χ0n) is 15.4. The standard InChI is InChI=1S/C20H28N4O2/c1-16-7-8-19(26-16)18(24-11-13-25-14-12-24)15-23-20(21)22-10-9-17-5-3-2-4-6-17/h2-8,18H,9-15H2,1H3,(H3,21,22,23). The van der Waals surface area contributed by atoms with E-state index in [-0.39, 0.29) is 6.04 Å². The number of morpholine rings is 1. The highest BCUT2D eigenvalue weighted by Crippen LogP contribution is 2.24. The summed E-state index contributed by atoms with van der Waals surface area (Å²) < 4.78 is 11.3. The largest absolute Gasteiger partial charge is 0.465 e. The number of hydrogen-bond acceptors (Lipinski definition) is 4. The van der Waals surface area contributed by atoms with Gasteiger partial charge in [-0.3, -0.25) is 9.89 Å². The summed E-state index contributed by atoms with van der Waals surface area (Å²) in [6, 6.07) is 14.5. The molecule has 3 rings (SSSR count). The third kappa shape index (κ3) is 5.34. The zero-order chi connectivity index (χ0) is 18.2. The molecule has 0 aliphatic carbocycles. The average Bonchev–Trinajstić information content (AvgIpc) is 3.10. The normalized spacial score (nSPS) is 17.2. The summed E-state index contributed by atoms with van der Waals surface area (Å²) in [4.78, 5) is 6.91. The molecule has 1 fully saturated rings. The van der Waals surface area contributed by atoms with E-state index >= 15 is 0 Å². The van der Waals surface area contributed by atoms with Crippen LogP contribution in [0.3, 0.4) is 0 Å². The maximum atomic E-state index is 6.06. The lowest BCUT2D eigenvalue weighted by Gasteiger charge is -2.32. The second-order valence-electron chi connectivity index (χ2n) is 6.50. The highest BCUT2D eigenvalue weighted by atomic mass is 16.5. The molecule has 1 atom stereocenters. The van der Waals surface area contributed by atoms with E-state index < -0.39 is 0 Å². The first-order valence-corrected chi connectivity index (χ1v) is 9.18. The van der Waals surface area contributed by atoms with E-state index in [0.717, 1.165) is 50.8 Å². The van der Waals surface area contributed by atoms with Crippen molar-refractivity contribution in [1.82, 2.24) is 10.2 Å². The quantitative estimate of drug-likeness (QED) is 0.587. The van der Waals surface area contributed by atoms with Gasteiger partial charge in [0.15, 0.2) is 5.96 Å². The topological polar surface area (TPSA) is 76.0 Å². The lowest BCUT2D eigenvalue weighted by molar-refractivity contribution is 0.0135. The summed E-state index contributed by atoms with van der Waals surface area (Å²) in [5, 5.41) is 3.20. The minimum absolute atomic E-state index is 0.0853. The smallest absolute Gasteiger partial charge is 0.188 e. The fraction of sp³-hybridized carbons (Fsp3) is 0.450. The summed E-state index contributed by atoms with van der Waals surface area (Å²) in [7, 11) is 0. The van der Waals surface area contributed by atoms with E-state index in [0.29, 0.717) is 12.5 Å². The third-order valence-electron chi connectivity index (χ3n) is 4.57. The van der Waals surface area contributed by atoms with Crippen LogP contribution in [0.15, 0.2) is 51.9 Å². The summed E-state index contributed by atoms with van der Waals surface area (Å²) in [6.07, 6.45) is 0.918. The number of benzene rings is 1. The van der Waals surface area contributed by atoms with Crippen molar-refractivity contribution in [1.29, 1.82) is 0 Å². The Labute approximate surface area is 155 Å². The Bertz CT molecular complexity index is 693. The van der Waals surface area contributed by atoms with Gasteiger partial charge >= 0.3 is 0 Å². The second-order valence-corrected chi connectivity index (χ2v) is 6.50.